The molecular formula is C22H21BrN2O3S. The van der Waals surface area contributed by atoms with E-state index in [4.69, 9.17) is 0 Å². The van der Waals surface area contributed by atoms with Crippen molar-refractivity contribution < 1.29 is 13.2 Å². The second kappa shape index (κ2) is 8.88. The van der Waals surface area contributed by atoms with Gasteiger partial charge in [-0.3, -0.25) is 14.5 Å². The number of halogens is 1. The smallest absolute Gasteiger partial charge is 0.261 e. The van der Waals surface area contributed by atoms with E-state index in [0.717, 1.165) is 5.56 Å². The lowest BCUT2D eigenvalue weighted by molar-refractivity contribution is 0.103. The van der Waals surface area contributed by atoms with Gasteiger partial charge in [0.25, 0.3) is 10.0 Å². The van der Waals surface area contributed by atoms with Gasteiger partial charge in [-0.25, -0.2) is 8.42 Å². The fourth-order valence-electron chi connectivity index (χ4n) is 2.83. The van der Waals surface area contributed by atoms with Gasteiger partial charge in [-0.2, -0.15) is 0 Å². The van der Waals surface area contributed by atoms with Gasteiger partial charge >= 0.3 is 0 Å². The first kappa shape index (κ1) is 21.2. The first-order chi connectivity index (χ1) is 13.8. The zero-order chi connectivity index (χ0) is 21.0. The van der Waals surface area contributed by atoms with Crippen LogP contribution in [0.5, 0.6) is 0 Å². The number of nitrogens with one attached hydrogen (secondary N) is 1. The van der Waals surface area contributed by atoms with E-state index in [2.05, 4.69) is 25.6 Å². The van der Waals surface area contributed by atoms with E-state index < -0.39 is 10.0 Å². The number of ketones is 1. The van der Waals surface area contributed by atoms with Crippen LogP contribution in [0, 0.1) is 0 Å². The molecule has 0 saturated heterocycles. The van der Waals surface area contributed by atoms with Gasteiger partial charge < -0.3 is 0 Å². The van der Waals surface area contributed by atoms with Crippen molar-refractivity contribution in [2.75, 3.05) is 11.3 Å². The number of sulfonamides is 1. The second-order valence-electron chi connectivity index (χ2n) is 6.89. The fraction of sp³-hybridized carbons (Fsp3) is 0.182. The SMILES string of the molecule is CC(C)c1ccc(S(=O)(=O)Nc2ccc(Br)cc2C(=O)C2=CC=NCC=C2)cc1. The molecule has 0 spiro atoms. The van der Waals surface area contributed by atoms with Crippen molar-refractivity contribution >= 4 is 43.6 Å². The summed E-state index contributed by atoms with van der Waals surface area (Å²) in [6.45, 7) is 4.59. The molecule has 0 amide bonds. The number of benzene rings is 2. The van der Waals surface area contributed by atoms with Crippen LogP contribution in [0.1, 0.15) is 35.7 Å². The summed E-state index contributed by atoms with van der Waals surface area (Å²) in [5.74, 6) is 0.0172. The minimum Gasteiger partial charge on any atom is -0.289 e. The quantitative estimate of drug-likeness (QED) is 0.592. The molecule has 5 nitrogen and oxygen atoms in total. The molecule has 1 N–H and O–H groups in total. The molecule has 0 aromatic heterocycles. The van der Waals surface area contributed by atoms with Crippen LogP contribution >= 0.6 is 15.9 Å². The van der Waals surface area contributed by atoms with Crippen LogP contribution in [0.15, 0.2) is 80.6 Å². The minimum atomic E-state index is -3.84. The van der Waals surface area contributed by atoms with E-state index in [9.17, 15) is 13.2 Å². The molecule has 0 radical (unpaired) electrons. The maximum Gasteiger partial charge on any atom is 0.261 e. The third-order valence-electron chi connectivity index (χ3n) is 4.46. The van der Waals surface area contributed by atoms with Gasteiger partial charge in [-0.1, -0.05) is 54.1 Å². The molecule has 2 aromatic carbocycles. The van der Waals surface area contributed by atoms with Gasteiger partial charge in [0.1, 0.15) is 0 Å². The number of hydrogen-bond acceptors (Lipinski definition) is 4. The molecule has 0 atom stereocenters. The van der Waals surface area contributed by atoms with Crippen molar-refractivity contribution in [3.05, 3.63) is 81.9 Å². The summed E-state index contributed by atoms with van der Waals surface area (Å²) in [6.07, 6.45) is 6.67. The summed E-state index contributed by atoms with van der Waals surface area (Å²) < 4.78 is 29.0. The molecule has 0 aliphatic carbocycles. The summed E-state index contributed by atoms with van der Waals surface area (Å²) in [6, 6.07) is 11.6. The number of aliphatic imine (C=N–C) groups is 1. The second-order valence-corrected chi connectivity index (χ2v) is 9.48. The highest BCUT2D eigenvalue weighted by Gasteiger charge is 2.21. The Hall–Kier alpha value is -2.51. The summed E-state index contributed by atoms with van der Waals surface area (Å²) in [4.78, 5) is 17.3. The van der Waals surface area contributed by atoms with Gasteiger partial charge in [0.2, 0.25) is 0 Å². The maximum atomic E-state index is 13.0. The molecule has 2 aromatic rings. The molecule has 0 bridgehead atoms. The average Bonchev–Trinajstić information content (AvgIpc) is 2.98. The van der Waals surface area contributed by atoms with Crippen LogP contribution in [0.2, 0.25) is 0 Å². The van der Waals surface area contributed by atoms with Crippen molar-refractivity contribution in [2.24, 2.45) is 4.99 Å². The molecule has 0 unspecified atom stereocenters. The number of anilines is 1. The lowest BCUT2D eigenvalue weighted by atomic mass is 10.0. The first-order valence-corrected chi connectivity index (χ1v) is 11.4. The van der Waals surface area contributed by atoms with E-state index in [0.29, 0.717) is 22.5 Å². The summed E-state index contributed by atoms with van der Waals surface area (Å²) in [7, 11) is -3.84. The van der Waals surface area contributed by atoms with Crippen LogP contribution in [0.25, 0.3) is 0 Å². The zero-order valence-corrected chi connectivity index (χ0v) is 18.5. The van der Waals surface area contributed by atoms with Gasteiger partial charge in [0.05, 0.1) is 17.1 Å². The molecule has 150 valence electrons. The third-order valence-corrected chi connectivity index (χ3v) is 6.33. The summed E-state index contributed by atoms with van der Waals surface area (Å²) >= 11 is 3.36. The Morgan fingerprint density at radius 1 is 1.14 bits per heavy atom. The molecule has 1 aliphatic rings. The Morgan fingerprint density at radius 3 is 2.55 bits per heavy atom. The van der Waals surface area contributed by atoms with E-state index >= 15 is 0 Å². The number of carbonyl (C=O) groups is 1. The van der Waals surface area contributed by atoms with Crippen molar-refractivity contribution in [1.82, 2.24) is 0 Å². The highest BCUT2D eigenvalue weighted by Crippen LogP contribution is 2.27. The fourth-order valence-corrected chi connectivity index (χ4v) is 4.27. The molecule has 1 aliphatic heterocycles. The lowest BCUT2D eigenvalue weighted by Crippen LogP contribution is -2.16. The van der Waals surface area contributed by atoms with Crippen LogP contribution in [-0.4, -0.2) is 27.0 Å². The predicted octanol–water partition coefficient (Wildman–Crippen LogP) is 5.12. The molecule has 29 heavy (non-hydrogen) atoms. The standard InChI is InChI=1S/C22H21BrN2O3S/c1-15(2)16-5-8-19(9-6-16)29(27,28)25-21-10-7-18(23)14-20(21)22(26)17-4-3-12-24-13-11-17/h3-11,13-15,25H,12H2,1-2H3. The largest absolute Gasteiger partial charge is 0.289 e. The lowest BCUT2D eigenvalue weighted by Gasteiger charge is -2.14. The van der Waals surface area contributed by atoms with Gasteiger partial charge in [-0.05, 0) is 47.9 Å². The van der Waals surface area contributed by atoms with Crippen LogP contribution in [0.3, 0.4) is 0 Å². The predicted molar refractivity (Wildman–Crippen MR) is 120 cm³/mol. The van der Waals surface area contributed by atoms with Gasteiger partial charge in [0, 0.05) is 21.8 Å². The van der Waals surface area contributed by atoms with E-state index in [1.54, 1.807) is 66.9 Å². The van der Waals surface area contributed by atoms with Crippen molar-refractivity contribution in [3.8, 4) is 0 Å². The topological polar surface area (TPSA) is 75.6 Å². The number of carbonyl (C=O) groups excluding carboxylic acids is 1. The van der Waals surface area contributed by atoms with Gasteiger partial charge in [0.15, 0.2) is 5.78 Å². The Kier molecular flexibility index (Phi) is 6.49. The van der Waals surface area contributed by atoms with E-state index in [1.807, 2.05) is 13.8 Å². The van der Waals surface area contributed by atoms with Crippen molar-refractivity contribution in [3.63, 3.8) is 0 Å². The Balaban J connectivity index is 1.96. The minimum absolute atomic E-state index is 0.143. The third kappa shape index (κ3) is 5.10. The molecule has 3 rings (SSSR count). The molecule has 7 heteroatoms. The van der Waals surface area contributed by atoms with E-state index in [1.165, 1.54) is 0 Å². The zero-order valence-electron chi connectivity index (χ0n) is 16.1. The monoisotopic (exact) mass is 472 g/mol. The average molecular weight is 473 g/mol. The number of allylic oxidation sites excluding steroid dienone is 3. The van der Waals surface area contributed by atoms with Crippen molar-refractivity contribution in [2.45, 2.75) is 24.7 Å². The Labute approximate surface area is 179 Å². The number of Topliss-reactive ketones (excluding diaryl/α,β-unsaturated/α-hetero) is 1. The highest BCUT2D eigenvalue weighted by molar-refractivity contribution is 9.10. The molecule has 0 fully saturated rings. The maximum absolute atomic E-state index is 13.0. The van der Waals surface area contributed by atoms with Gasteiger partial charge in [-0.15, -0.1) is 0 Å². The molecule has 1 heterocycles. The summed E-state index contributed by atoms with van der Waals surface area (Å²) in [5.41, 5.74) is 1.97. The first-order valence-electron chi connectivity index (χ1n) is 9.11. The Morgan fingerprint density at radius 2 is 1.86 bits per heavy atom. The molecule has 0 saturated carbocycles. The Bertz CT molecular complexity index is 1120. The summed E-state index contributed by atoms with van der Waals surface area (Å²) in [5, 5.41) is 0. The normalized spacial score (nSPS) is 13.9. The number of rotatable bonds is 6. The van der Waals surface area contributed by atoms with Crippen LogP contribution < -0.4 is 4.72 Å². The number of nitrogens with zero attached hydrogens (tertiary/aromatic N) is 1. The number of hydrogen-bond donors (Lipinski definition) is 1. The van der Waals surface area contributed by atoms with Crippen LogP contribution in [0.4, 0.5) is 5.69 Å². The van der Waals surface area contributed by atoms with Crippen molar-refractivity contribution in [1.29, 1.82) is 0 Å². The molecular weight excluding hydrogens is 452 g/mol. The van der Waals surface area contributed by atoms with Crippen LogP contribution in [-0.2, 0) is 10.0 Å². The van der Waals surface area contributed by atoms with E-state index in [-0.39, 0.29) is 21.9 Å². The highest BCUT2D eigenvalue weighted by atomic mass is 79.9.